The number of amides is 1. The van der Waals surface area contributed by atoms with Gasteiger partial charge in [0.2, 0.25) is 5.91 Å². The van der Waals surface area contributed by atoms with Crippen LogP contribution in [0.5, 0.6) is 0 Å². The quantitative estimate of drug-likeness (QED) is 0.799. The van der Waals surface area contributed by atoms with Gasteiger partial charge in [-0.15, -0.1) is 0 Å². The topological polar surface area (TPSA) is 68.0 Å². The van der Waals surface area contributed by atoms with E-state index in [4.69, 9.17) is 14.0 Å². The summed E-state index contributed by atoms with van der Waals surface area (Å²) in [5.74, 6) is 0.824. The molecule has 0 bridgehead atoms. The minimum atomic E-state index is -0.134. The second kappa shape index (κ2) is 6.59. The van der Waals surface area contributed by atoms with E-state index in [0.717, 1.165) is 43.9 Å². The first-order valence-electron chi connectivity index (χ1n) is 8.06. The van der Waals surface area contributed by atoms with Gasteiger partial charge in [-0.1, -0.05) is 5.16 Å². The molecule has 2 aliphatic rings. The van der Waals surface area contributed by atoms with Crippen LogP contribution in [0, 0.1) is 6.92 Å². The Labute approximate surface area is 136 Å². The Bertz CT molecular complexity index is 559. The number of likely N-dealkylation sites (N-methyl/N-ethyl adjacent to an activating group) is 1. The van der Waals surface area contributed by atoms with Crippen LogP contribution in [0.2, 0.25) is 0 Å². The summed E-state index contributed by atoms with van der Waals surface area (Å²) in [6.45, 7) is 5.23. The van der Waals surface area contributed by atoms with Crippen molar-refractivity contribution < 1.29 is 18.8 Å². The van der Waals surface area contributed by atoms with Crippen LogP contribution in [0.15, 0.2) is 10.6 Å². The predicted molar refractivity (Wildman–Crippen MR) is 82.9 cm³/mol. The van der Waals surface area contributed by atoms with Gasteiger partial charge in [0.25, 0.3) is 0 Å². The van der Waals surface area contributed by atoms with E-state index in [1.165, 1.54) is 0 Å². The van der Waals surface area contributed by atoms with Gasteiger partial charge < -0.3 is 18.9 Å². The molecule has 0 aliphatic carbocycles. The van der Waals surface area contributed by atoms with Crippen molar-refractivity contribution in [2.45, 2.75) is 38.0 Å². The highest BCUT2D eigenvalue weighted by Crippen LogP contribution is 2.36. The molecule has 7 heteroatoms. The van der Waals surface area contributed by atoms with Crippen LogP contribution in [-0.2, 0) is 20.8 Å². The summed E-state index contributed by atoms with van der Waals surface area (Å²) in [6.07, 6.45) is 1.85. The minimum absolute atomic E-state index is 0.00754. The third-order valence-electron chi connectivity index (χ3n) is 4.57. The van der Waals surface area contributed by atoms with Gasteiger partial charge >= 0.3 is 0 Å². The normalized spacial score (nSPS) is 27.9. The second-order valence-electron chi connectivity index (χ2n) is 6.81. The Kier molecular flexibility index (Phi) is 4.70. The molecule has 0 aromatic carbocycles. The zero-order chi connectivity index (χ0) is 16.4. The number of hydrogen-bond acceptors (Lipinski definition) is 6. The van der Waals surface area contributed by atoms with E-state index in [1.807, 2.05) is 13.0 Å². The van der Waals surface area contributed by atoms with Crippen LogP contribution in [0.25, 0.3) is 0 Å². The van der Waals surface area contributed by atoms with Crippen molar-refractivity contribution in [2.75, 3.05) is 40.4 Å². The predicted octanol–water partition coefficient (Wildman–Crippen LogP) is 0.821. The highest BCUT2D eigenvalue weighted by atomic mass is 16.6. The van der Waals surface area contributed by atoms with Gasteiger partial charge in [0.15, 0.2) is 0 Å². The molecular formula is C16H25N3O4. The van der Waals surface area contributed by atoms with Crippen molar-refractivity contribution in [3.05, 3.63) is 17.5 Å². The molecule has 2 saturated heterocycles. The fourth-order valence-corrected chi connectivity index (χ4v) is 3.30. The van der Waals surface area contributed by atoms with Crippen LogP contribution >= 0.6 is 0 Å². The molecule has 2 atom stereocenters. The molecule has 0 radical (unpaired) electrons. The van der Waals surface area contributed by atoms with Crippen LogP contribution in [-0.4, -0.2) is 73.0 Å². The lowest BCUT2D eigenvalue weighted by Gasteiger charge is -2.23. The number of ether oxygens (including phenoxy) is 2. The third kappa shape index (κ3) is 3.91. The summed E-state index contributed by atoms with van der Waals surface area (Å²) < 4.78 is 16.9. The Balaban J connectivity index is 1.47. The number of rotatable bonds is 5. The highest BCUT2D eigenvalue weighted by Gasteiger charge is 2.46. The van der Waals surface area contributed by atoms with Gasteiger partial charge in [-0.05, 0) is 13.3 Å². The van der Waals surface area contributed by atoms with Gasteiger partial charge in [-0.25, -0.2) is 0 Å². The summed E-state index contributed by atoms with van der Waals surface area (Å²) >= 11 is 0. The zero-order valence-electron chi connectivity index (χ0n) is 14.1. The average Bonchev–Trinajstić information content (AvgIpc) is 3.20. The highest BCUT2D eigenvalue weighted by molar-refractivity contribution is 5.76. The smallest absolute Gasteiger partial charge is 0.248 e. The van der Waals surface area contributed by atoms with E-state index in [-0.39, 0.29) is 24.2 Å². The van der Waals surface area contributed by atoms with E-state index in [2.05, 4.69) is 10.1 Å². The maximum atomic E-state index is 11.6. The fraction of sp³-hybridized carbons (Fsp3) is 0.750. The minimum Gasteiger partial charge on any atom is -0.371 e. The largest absolute Gasteiger partial charge is 0.371 e. The van der Waals surface area contributed by atoms with E-state index < -0.39 is 0 Å². The standard InChI is InChI=1S/C16H25N3O4/c1-12-6-13(17-23-12)8-19-5-4-16(11-19)7-14(9-22-16)21-10-15(20)18(2)3/h6,14H,4-5,7-11H2,1-3H3/t14-,16+/m1/s1. The zero-order valence-corrected chi connectivity index (χ0v) is 14.1. The second-order valence-corrected chi connectivity index (χ2v) is 6.81. The molecule has 1 amide bonds. The summed E-state index contributed by atoms with van der Waals surface area (Å²) in [7, 11) is 3.47. The first-order valence-corrected chi connectivity index (χ1v) is 8.06. The van der Waals surface area contributed by atoms with Gasteiger partial charge in [0.05, 0.1) is 24.0 Å². The number of likely N-dealkylation sites (tertiary alicyclic amines) is 1. The molecule has 0 N–H and O–H groups in total. The van der Waals surface area contributed by atoms with Crippen LogP contribution in [0.3, 0.4) is 0 Å². The van der Waals surface area contributed by atoms with Crippen molar-refractivity contribution >= 4 is 5.91 Å². The Hall–Kier alpha value is -1.44. The van der Waals surface area contributed by atoms with Crippen LogP contribution in [0.4, 0.5) is 0 Å². The van der Waals surface area contributed by atoms with Gasteiger partial charge in [0.1, 0.15) is 12.4 Å². The lowest BCUT2D eigenvalue weighted by atomic mass is 9.98. The fourth-order valence-electron chi connectivity index (χ4n) is 3.30. The monoisotopic (exact) mass is 323 g/mol. The van der Waals surface area contributed by atoms with Crippen molar-refractivity contribution in [2.24, 2.45) is 0 Å². The van der Waals surface area contributed by atoms with Gasteiger partial charge in [-0.2, -0.15) is 0 Å². The van der Waals surface area contributed by atoms with E-state index in [0.29, 0.717) is 6.61 Å². The van der Waals surface area contributed by atoms with E-state index in [9.17, 15) is 4.79 Å². The SMILES string of the molecule is Cc1cc(CN2CC[C@]3(C[C@@H](OCC(=O)N(C)C)CO3)C2)no1. The molecule has 7 nitrogen and oxygen atoms in total. The van der Waals surface area contributed by atoms with Crippen LogP contribution < -0.4 is 0 Å². The summed E-state index contributed by atoms with van der Waals surface area (Å²) in [5.41, 5.74) is 0.826. The van der Waals surface area contributed by atoms with E-state index in [1.54, 1.807) is 19.0 Å². The lowest BCUT2D eigenvalue weighted by Crippen LogP contribution is -2.33. The van der Waals surface area contributed by atoms with Gasteiger partial charge in [0, 0.05) is 46.2 Å². The number of carbonyl (C=O) groups is 1. The van der Waals surface area contributed by atoms with Crippen LogP contribution in [0.1, 0.15) is 24.3 Å². The molecule has 2 aliphatic heterocycles. The summed E-state index contributed by atoms with van der Waals surface area (Å²) in [4.78, 5) is 15.5. The number of hydrogen-bond donors (Lipinski definition) is 0. The van der Waals surface area contributed by atoms with Crippen molar-refractivity contribution in [3.63, 3.8) is 0 Å². The number of aryl methyl sites for hydroxylation is 1. The Morgan fingerprint density at radius 3 is 3.09 bits per heavy atom. The molecular weight excluding hydrogens is 298 g/mol. The maximum absolute atomic E-state index is 11.6. The van der Waals surface area contributed by atoms with E-state index >= 15 is 0 Å². The maximum Gasteiger partial charge on any atom is 0.248 e. The molecule has 1 spiro atoms. The first-order chi connectivity index (χ1) is 11.0. The van der Waals surface area contributed by atoms with Crippen molar-refractivity contribution in [1.29, 1.82) is 0 Å². The summed E-state index contributed by atoms with van der Waals surface area (Å²) in [6, 6.07) is 1.97. The van der Waals surface area contributed by atoms with Crippen molar-refractivity contribution in [3.8, 4) is 0 Å². The summed E-state index contributed by atoms with van der Waals surface area (Å²) in [5, 5.41) is 4.05. The number of nitrogens with zero attached hydrogens (tertiary/aromatic N) is 3. The molecule has 0 saturated carbocycles. The molecule has 23 heavy (non-hydrogen) atoms. The lowest BCUT2D eigenvalue weighted by molar-refractivity contribution is -0.135. The Morgan fingerprint density at radius 1 is 1.57 bits per heavy atom. The number of aromatic nitrogens is 1. The van der Waals surface area contributed by atoms with Gasteiger partial charge in [-0.3, -0.25) is 9.69 Å². The third-order valence-corrected chi connectivity index (χ3v) is 4.57. The molecule has 3 rings (SSSR count). The molecule has 3 heterocycles. The number of carbonyl (C=O) groups excluding carboxylic acids is 1. The molecule has 128 valence electrons. The molecule has 0 unspecified atom stereocenters. The Morgan fingerprint density at radius 2 is 2.39 bits per heavy atom. The molecule has 1 aromatic rings. The average molecular weight is 323 g/mol. The molecule has 2 fully saturated rings. The molecule has 1 aromatic heterocycles. The van der Waals surface area contributed by atoms with Crippen molar-refractivity contribution in [1.82, 2.24) is 15.0 Å². The first kappa shape index (κ1) is 16.4.